The number of hydrogen-bond acceptors (Lipinski definition) is 2. The van der Waals surface area contributed by atoms with Crippen molar-refractivity contribution in [3.8, 4) is 0 Å². The maximum Gasteiger partial charge on any atom is 0.241 e. The number of hydrogen-bond donors (Lipinski definition) is 2. The second kappa shape index (κ2) is 6.60. The van der Waals surface area contributed by atoms with Gasteiger partial charge in [0.2, 0.25) is 5.91 Å². The van der Waals surface area contributed by atoms with Crippen molar-refractivity contribution in [2.75, 3.05) is 11.9 Å². The van der Waals surface area contributed by atoms with E-state index in [1.54, 1.807) is 18.2 Å². The van der Waals surface area contributed by atoms with Crippen molar-refractivity contribution >= 4 is 34.8 Å². The van der Waals surface area contributed by atoms with Crippen LogP contribution >= 0.6 is 23.2 Å². The summed E-state index contributed by atoms with van der Waals surface area (Å²) in [7, 11) is 0. The highest BCUT2D eigenvalue weighted by Crippen LogP contribution is 2.30. The lowest BCUT2D eigenvalue weighted by Crippen LogP contribution is -2.46. The lowest BCUT2D eigenvalue weighted by Gasteiger charge is -2.29. The van der Waals surface area contributed by atoms with E-state index in [-0.39, 0.29) is 11.9 Å². The minimum absolute atomic E-state index is 0.0619. The van der Waals surface area contributed by atoms with E-state index in [9.17, 15) is 4.79 Å². The van der Waals surface area contributed by atoms with Gasteiger partial charge in [-0.15, -0.1) is 0 Å². The van der Waals surface area contributed by atoms with E-state index in [0.29, 0.717) is 21.7 Å². The number of para-hydroxylation sites is 1. The molecule has 0 saturated carbocycles. The summed E-state index contributed by atoms with van der Waals surface area (Å²) in [5.41, 5.74) is 0.497. The smallest absolute Gasteiger partial charge is 0.241 e. The molecule has 2 rings (SSSR count). The quantitative estimate of drug-likeness (QED) is 0.893. The number of anilines is 1. The van der Waals surface area contributed by atoms with Gasteiger partial charge in [-0.05, 0) is 37.4 Å². The molecule has 3 nitrogen and oxygen atoms in total. The van der Waals surface area contributed by atoms with Gasteiger partial charge in [-0.25, -0.2) is 0 Å². The van der Waals surface area contributed by atoms with Crippen LogP contribution in [0.2, 0.25) is 10.0 Å². The van der Waals surface area contributed by atoms with Crippen LogP contribution in [0.4, 0.5) is 5.69 Å². The number of piperidine rings is 1. The van der Waals surface area contributed by atoms with Gasteiger partial charge >= 0.3 is 0 Å². The fourth-order valence-corrected chi connectivity index (χ4v) is 2.89. The third-order valence-electron chi connectivity index (χ3n) is 3.62. The Morgan fingerprint density at radius 2 is 2.11 bits per heavy atom. The van der Waals surface area contributed by atoms with Crippen molar-refractivity contribution in [3.05, 3.63) is 28.2 Å². The average molecular weight is 301 g/mol. The lowest BCUT2D eigenvalue weighted by molar-refractivity contribution is -0.119. The molecule has 0 aliphatic carbocycles. The summed E-state index contributed by atoms with van der Waals surface area (Å²) in [6.45, 7) is 3.04. The summed E-state index contributed by atoms with van der Waals surface area (Å²) in [6, 6.07) is 5.02. The van der Waals surface area contributed by atoms with E-state index >= 15 is 0 Å². The van der Waals surface area contributed by atoms with E-state index < -0.39 is 0 Å². The number of benzene rings is 1. The van der Waals surface area contributed by atoms with Crippen molar-refractivity contribution in [1.29, 1.82) is 0 Å². The molecule has 2 N–H and O–H groups in total. The van der Waals surface area contributed by atoms with Crippen LogP contribution in [0.5, 0.6) is 0 Å². The minimum Gasteiger partial charge on any atom is -0.322 e. The first-order valence-corrected chi connectivity index (χ1v) is 7.35. The van der Waals surface area contributed by atoms with Crippen molar-refractivity contribution in [1.82, 2.24) is 5.32 Å². The Hall–Kier alpha value is -0.770. The third kappa shape index (κ3) is 3.62. The molecule has 1 aromatic carbocycles. The van der Waals surface area contributed by atoms with Crippen LogP contribution in [0, 0.1) is 5.92 Å². The van der Waals surface area contributed by atoms with Crippen molar-refractivity contribution < 1.29 is 4.79 Å². The SMILES string of the molecule is CCC1CCNC(C(=O)Nc2c(Cl)cccc2Cl)C1. The maximum atomic E-state index is 12.2. The standard InChI is InChI=1S/C14H18Cl2N2O/c1-2-9-6-7-17-12(8-9)14(19)18-13-10(15)4-3-5-11(13)16/h3-5,9,12,17H,2,6-8H2,1H3,(H,18,19). The highest BCUT2D eigenvalue weighted by molar-refractivity contribution is 6.39. The summed E-state index contributed by atoms with van der Waals surface area (Å²) in [6.07, 6.45) is 3.11. The van der Waals surface area contributed by atoms with Crippen LogP contribution in [-0.4, -0.2) is 18.5 Å². The molecule has 0 spiro atoms. The molecule has 1 saturated heterocycles. The fourth-order valence-electron chi connectivity index (χ4n) is 2.39. The third-order valence-corrected chi connectivity index (χ3v) is 4.25. The van der Waals surface area contributed by atoms with Gasteiger partial charge in [-0.2, -0.15) is 0 Å². The Morgan fingerprint density at radius 1 is 1.42 bits per heavy atom. The Balaban J connectivity index is 2.04. The predicted octanol–water partition coefficient (Wildman–Crippen LogP) is 3.71. The molecule has 104 valence electrons. The van der Waals surface area contributed by atoms with Crippen molar-refractivity contribution in [2.24, 2.45) is 5.92 Å². The molecule has 0 aromatic heterocycles. The molecule has 0 bridgehead atoms. The first-order chi connectivity index (χ1) is 9.11. The number of nitrogens with one attached hydrogen (secondary N) is 2. The zero-order chi connectivity index (χ0) is 13.8. The molecule has 5 heteroatoms. The highest BCUT2D eigenvalue weighted by atomic mass is 35.5. The largest absolute Gasteiger partial charge is 0.322 e. The number of halogens is 2. The van der Waals surface area contributed by atoms with Crippen molar-refractivity contribution in [2.45, 2.75) is 32.2 Å². The molecule has 19 heavy (non-hydrogen) atoms. The molecule has 0 radical (unpaired) electrons. The van der Waals surface area contributed by atoms with Crippen LogP contribution in [0.15, 0.2) is 18.2 Å². The molecule has 1 fully saturated rings. The molecule has 1 aromatic rings. The van der Waals surface area contributed by atoms with Crippen LogP contribution < -0.4 is 10.6 Å². The summed E-state index contributed by atoms with van der Waals surface area (Å²) >= 11 is 12.1. The van der Waals surface area contributed by atoms with E-state index in [0.717, 1.165) is 25.8 Å². The fraction of sp³-hybridized carbons (Fsp3) is 0.500. The lowest BCUT2D eigenvalue weighted by atomic mass is 9.90. The van der Waals surface area contributed by atoms with Crippen LogP contribution in [0.1, 0.15) is 26.2 Å². The van der Waals surface area contributed by atoms with Crippen LogP contribution in [-0.2, 0) is 4.79 Å². The number of carbonyl (C=O) groups excluding carboxylic acids is 1. The van der Waals surface area contributed by atoms with Crippen LogP contribution in [0.25, 0.3) is 0 Å². The molecule has 1 aliphatic rings. The Morgan fingerprint density at radius 3 is 2.74 bits per heavy atom. The van der Waals surface area contributed by atoms with Gasteiger partial charge < -0.3 is 10.6 Å². The second-order valence-electron chi connectivity index (χ2n) is 4.89. The Kier molecular flexibility index (Phi) is 5.08. The molecular formula is C14H18Cl2N2O. The summed E-state index contributed by atoms with van der Waals surface area (Å²) in [5.74, 6) is 0.548. The van der Waals surface area contributed by atoms with Gasteiger partial charge in [0.15, 0.2) is 0 Å². The minimum atomic E-state index is -0.161. The second-order valence-corrected chi connectivity index (χ2v) is 5.71. The first-order valence-electron chi connectivity index (χ1n) is 6.60. The summed E-state index contributed by atoms with van der Waals surface area (Å²) < 4.78 is 0. The van der Waals surface area contributed by atoms with Gasteiger partial charge in [0.05, 0.1) is 21.8 Å². The van der Waals surface area contributed by atoms with E-state index in [1.807, 2.05) is 0 Å². The van der Waals surface area contributed by atoms with E-state index in [1.165, 1.54) is 0 Å². The van der Waals surface area contributed by atoms with Crippen molar-refractivity contribution in [3.63, 3.8) is 0 Å². The molecule has 1 heterocycles. The molecular weight excluding hydrogens is 283 g/mol. The van der Waals surface area contributed by atoms with Gasteiger partial charge in [-0.1, -0.05) is 42.6 Å². The monoisotopic (exact) mass is 300 g/mol. The van der Waals surface area contributed by atoms with Crippen LogP contribution in [0.3, 0.4) is 0 Å². The molecule has 1 aliphatic heterocycles. The van der Waals surface area contributed by atoms with E-state index in [4.69, 9.17) is 23.2 Å². The number of rotatable bonds is 3. The Labute approximate surface area is 123 Å². The summed E-state index contributed by atoms with van der Waals surface area (Å²) in [4.78, 5) is 12.2. The van der Waals surface area contributed by atoms with Gasteiger partial charge in [0, 0.05) is 0 Å². The van der Waals surface area contributed by atoms with Gasteiger partial charge in [0.25, 0.3) is 0 Å². The Bertz CT molecular complexity index is 445. The topological polar surface area (TPSA) is 41.1 Å². The molecule has 2 unspecified atom stereocenters. The van der Waals surface area contributed by atoms with E-state index in [2.05, 4.69) is 17.6 Å². The zero-order valence-corrected chi connectivity index (χ0v) is 12.4. The number of carbonyl (C=O) groups is 1. The van der Waals surface area contributed by atoms with Gasteiger partial charge in [0.1, 0.15) is 0 Å². The maximum absolute atomic E-state index is 12.2. The zero-order valence-electron chi connectivity index (χ0n) is 10.9. The average Bonchev–Trinajstić information content (AvgIpc) is 2.43. The van der Waals surface area contributed by atoms with Gasteiger partial charge in [-0.3, -0.25) is 4.79 Å². The molecule has 1 amide bonds. The number of amides is 1. The molecule has 2 atom stereocenters. The first kappa shape index (κ1) is 14.6. The highest BCUT2D eigenvalue weighted by Gasteiger charge is 2.26. The predicted molar refractivity (Wildman–Crippen MR) is 79.9 cm³/mol. The summed E-state index contributed by atoms with van der Waals surface area (Å²) in [5, 5.41) is 7.00. The normalized spacial score (nSPS) is 23.1.